The average Bonchev–Trinajstić information content (AvgIpc) is 1.68. The maximum atomic E-state index is 2.23. The van der Waals surface area contributed by atoms with Crippen LogP contribution >= 0.6 is 11.8 Å². The molecule has 0 aliphatic heterocycles. The number of hydrogen-bond donors (Lipinski definition) is 0. The highest BCUT2D eigenvalue weighted by atomic mass is 32.2. The van der Waals surface area contributed by atoms with Crippen LogP contribution in [0.4, 0.5) is 0 Å². The van der Waals surface area contributed by atoms with Gasteiger partial charge in [0.2, 0.25) is 0 Å². The fraction of sp³-hybridized carbons (Fsp3) is 0.667. The highest BCUT2D eigenvalue weighted by molar-refractivity contribution is 8.02. The second-order valence-electron chi connectivity index (χ2n) is 1.43. The van der Waals surface area contributed by atoms with E-state index in [0.29, 0.717) is 0 Å². The van der Waals surface area contributed by atoms with E-state index in [2.05, 4.69) is 26.2 Å². The van der Waals surface area contributed by atoms with Crippen molar-refractivity contribution < 1.29 is 0 Å². The lowest BCUT2D eigenvalue weighted by atomic mass is 10.4. The van der Waals surface area contributed by atoms with Crippen molar-refractivity contribution in [3.8, 4) is 0 Å². The molecule has 0 N–H and O–H groups in total. The number of thioether (sulfide) groups is 1. The van der Waals surface area contributed by atoms with E-state index in [4.69, 9.17) is 0 Å². The maximum absolute atomic E-state index is 2.23. The molecule has 0 aliphatic rings. The summed E-state index contributed by atoms with van der Waals surface area (Å²) in [5.74, 6) is 0. The van der Waals surface area contributed by atoms with Crippen molar-refractivity contribution in [1.29, 1.82) is 0 Å². The molecule has 0 aliphatic carbocycles. The first kappa shape index (κ1) is 7.09. The predicted molar refractivity (Wildman–Crippen MR) is 37.6 cm³/mol. The van der Waals surface area contributed by atoms with Crippen molar-refractivity contribution in [1.82, 2.24) is 0 Å². The first-order chi connectivity index (χ1) is 3.31. The zero-order chi connectivity index (χ0) is 5.70. The Bertz CT molecular complexity index is 64.6. The Labute approximate surface area is 50.0 Å². The molecule has 42 valence electrons. The van der Waals surface area contributed by atoms with Crippen LogP contribution in [0.15, 0.2) is 11.0 Å². The minimum Gasteiger partial charge on any atom is -0.135 e. The van der Waals surface area contributed by atoms with E-state index < -0.39 is 0 Å². The summed E-state index contributed by atoms with van der Waals surface area (Å²) < 4.78 is 0. The number of hydrogen-bond acceptors (Lipinski definition) is 1. The van der Waals surface area contributed by atoms with Gasteiger partial charge in [0.15, 0.2) is 0 Å². The van der Waals surface area contributed by atoms with Crippen LogP contribution in [0.25, 0.3) is 0 Å². The van der Waals surface area contributed by atoms with Crippen LogP contribution in [0.5, 0.6) is 0 Å². The molecule has 0 amide bonds. The molecule has 0 bridgehead atoms. The second-order valence-corrected chi connectivity index (χ2v) is 2.48. The highest BCUT2D eigenvalue weighted by Gasteiger charge is 1.77. The third-order valence-corrected chi connectivity index (χ3v) is 1.62. The smallest absolute Gasteiger partial charge is 0.0140 e. The normalized spacial score (nSPS) is 12.1. The van der Waals surface area contributed by atoms with Gasteiger partial charge in [-0.3, -0.25) is 0 Å². The third-order valence-electron chi connectivity index (χ3n) is 0.814. The van der Waals surface area contributed by atoms with Gasteiger partial charge in [0, 0.05) is 0 Å². The second kappa shape index (κ2) is 4.25. The van der Waals surface area contributed by atoms with Crippen molar-refractivity contribution in [3.63, 3.8) is 0 Å². The van der Waals surface area contributed by atoms with Crippen LogP contribution in [0, 0.1) is 0 Å². The van der Waals surface area contributed by atoms with Gasteiger partial charge >= 0.3 is 0 Å². The molecule has 0 radical (unpaired) electrons. The Balaban J connectivity index is 3.29. The largest absolute Gasteiger partial charge is 0.135 e. The summed E-state index contributed by atoms with van der Waals surface area (Å²) in [7, 11) is 0. The van der Waals surface area contributed by atoms with Gasteiger partial charge in [-0.25, -0.2) is 0 Å². The highest BCUT2D eigenvalue weighted by Crippen LogP contribution is 2.09. The molecule has 0 nitrogen and oxygen atoms in total. The Morgan fingerprint density at radius 3 is 2.43 bits per heavy atom. The van der Waals surface area contributed by atoms with Gasteiger partial charge < -0.3 is 0 Å². The van der Waals surface area contributed by atoms with Crippen molar-refractivity contribution >= 4 is 11.8 Å². The Kier molecular flexibility index (Phi) is 4.31. The van der Waals surface area contributed by atoms with Crippen LogP contribution in [-0.2, 0) is 0 Å². The maximum Gasteiger partial charge on any atom is -0.0140 e. The van der Waals surface area contributed by atoms with Crippen LogP contribution < -0.4 is 0 Å². The minimum atomic E-state index is 1.16. The zero-order valence-corrected chi connectivity index (χ0v) is 6.01. The third kappa shape index (κ3) is 3.93. The average molecular weight is 116 g/mol. The van der Waals surface area contributed by atoms with E-state index in [1.165, 1.54) is 4.91 Å². The fourth-order valence-corrected chi connectivity index (χ4v) is 0.704. The first-order valence-electron chi connectivity index (χ1n) is 2.52. The lowest BCUT2D eigenvalue weighted by Gasteiger charge is -1.88. The van der Waals surface area contributed by atoms with Gasteiger partial charge in [-0.1, -0.05) is 13.0 Å². The van der Waals surface area contributed by atoms with E-state index >= 15 is 0 Å². The van der Waals surface area contributed by atoms with Gasteiger partial charge in [0.25, 0.3) is 0 Å². The minimum absolute atomic E-state index is 1.16. The van der Waals surface area contributed by atoms with Gasteiger partial charge in [-0.15, -0.1) is 11.8 Å². The molecule has 1 heteroatoms. The summed E-state index contributed by atoms with van der Waals surface area (Å²) >= 11 is 1.81. The van der Waals surface area contributed by atoms with E-state index in [1.807, 2.05) is 11.8 Å². The van der Waals surface area contributed by atoms with E-state index in [-0.39, 0.29) is 0 Å². The molecule has 0 aromatic rings. The molecular weight excluding hydrogens is 104 g/mol. The summed E-state index contributed by atoms with van der Waals surface area (Å²) in [6.45, 7) is 4.29. The SMILES string of the molecule is CC/C=C(\C)SC. The molecule has 0 unspecified atom stereocenters. The first-order valence-corrected chi connectivity index (χ1v) is 3.74. The van der Waals surface area contributed by atoms with E-state index in [1.54, 1.807) is 0 Å². The molecule has 7 heavy (non-hydrogen) atoms. The monoisotopic (exact) mass is 116 g/mol. The summed E-state index contributed by atoms with van der Waals surface area (Å²) in [6.07, 6.45) is 5.48. The van der Waals surface area contributed by atoms with Crippen LogP contribution in [0.3, 0.4) is 0 Å². The van der Waals surface area contributed by atoms with Crippen molar-refractivity contribution in [2.75, 3.05) is 6.26 Å². The number of rotatable bonds is 2. The Morgan fingerprint density at radius 2 is 2.29 bits per heavy atom. The lowest BCUT2D eigenvalue weighted by molar-refractivity contribution is 1.21. The summed E-state index contributed by atoms with van der Waals surface area (Å²) in [6, 6.07) is 0. The molecule has 0 aromatic heterocycles. The van der Waals surface area contributed by atoms with Gasteiger partial charge in [0.1, 0.15) is 0 Å². The van der Waals surface area contributed by atoms with Gasteiger partial charge in [-0.05, 0) is 24.5 Å². The number of allylic oxidation sites excluding steroid dienone is 2. The lowest BCUT2D eigenvalue weighted by Crippen LogP contribution is -1.61. The quantitative estimate of drug-likeness (QED) is 0.534. The van der Waals surface area contributed by atoms with Gasteiger partial charge in [0.05, 0.1) is 0 Å². The molecule has 0 atom stereocenters. The van der Waals surface area contributed by atoms with E-state index in [0.717, 1.165) is 6.42 Å². The Morgan fingerprint density at radius 1 is 1.71 bits per heavy atom. The molecular formula is C6H12S. The molecule has 0 rings (SSSR count). The van der Waals surface area contributed by atoms with Crippen LogP contribution in [-0.4, -0.2) is 6.26 Å². The summed E-state index contributed by atoms with van der Waals surface area (Å²) in [5.41, 5.74) is 0. The standard InChI is InChI=1S/C6H12S/c1-4-5-6(2)7-3/h5H,4H2,1-3H3/b6-5+. The predicted octanol–water partition coefficient (Wildman–Crippen LogP) is 2.66. The molecule has 0 spiro atoms. The summed E-state index contributed by atoms with van der Waals surface area (Å²) in [5, 5.41) is 0. The summed E-state index contributed by atoms with van der Waals surface area (Å²) in [4.78, 5) is 1.42. The molecule has 0 saturated heterocycles. The van der Waals surface area contributed by atoms with Crippen LogP contribution in [0.1, 0.15) is 20.3 Å². The Hall–Kier alpha value is 0.0900. The van der Waals surface area contributed by atoms with Crippen molar-refractivity contribution in [2.45, 2.75) is 20.3 Å². The van der Waals surface area contributed by atoms with Crippen molar-refractivity contribution in [3.05, 3.63) is 11.0 Å². The van der Waals surface area contributed by atoms with E-state index in [9.17, 15) is 0 Å². The zero-order valence-electron chi connectivity index (χ0n) is 5.19. The molecule has 0 heterocycles. The van der Waals surface area contributed by atoms with Crippen molar-refractivity contribution in [2.24, 2.45) is 0 Å². The molecule has 0 fully saturated rings. The van der Waals surface area contributed by atoms with Gasteiger partial charge in [-0.2, -0.15) is 0 Å². The topological polar surface area (TPSA) is 0 Å². The molecule has 0 aromatic carbocycles. The fourth-order valence-electron chi connectivity index (χ4n) is 0.371. The van der Waals surface area contributed by atoms with Crippen LogP contribution in [0.2, 0.25) is 0 Å². The molecule has 0 saturated carbocycles.